The Hall–Kier alpha value is -2.81. The maximum absolute atomic E-state index is 4.45. The molecule has 0 N–H and O–H groups in total. The molecule has 0 aliphatic carbocycles. The van der Waals surface area contributed by atoms with Crippen LogP contribution in [0.25, 0.3) is 16.6 Å². The molecule has 0 atom stereocenters. The van der Waals surface area contributed by atoms with Gasteiger partial charge in [-0.3, -0.25) is 0 Å². The number of hydrogen-bond acceptors (Lipinski definition) is 1. The van der Waals surface area contributed by atoms with E-state index in [1.807, 2.05) is 29.1 Å². The molecule has 0 aliphatic rings. The zero-order valence-corrected chi connectivity index (χ0v) is 11.6. The third kappa shape index (κ3) is 2.23. The Bertz CT molecular complexity index is 872. The standard InChI is InChI=1S/C18H15N3/c1-2-7-17(8-3-1)21-14-15(12-19-21)13-20-11-10-16-6-4-5-9-18(16)20/h1-12,14H,13H2. The molecule has 3 nitrogen and oxygen atoms in total. The van der Waals surface area contributed by atoms with E-state index in [9.17, 15) is 0 Å². The van der Waals surface area contributed by atoms with Crippen LogP contribution in [0.3, 0.4) is 0 Å². The van der Waals surface area contributed by atoms with Gasteiger partial charge in [-0.2, -0.15) is 5.10 Å². The molecule has 3 heteroatoms. The molecule has 0 radical (unpaired) electrons. The number of nitrogens with zero attached hydrogens (tertiary/aromatic N) is 3. The van der Waals surface area contributed by atoms with E-state index in [4.69, 9.17) is 0 Å². The van der Waals surface area contributed by atoms with Crippen LogP contribution in [0.15, 0.2) is 79.3 Å². The molecule has 0 unspecified atom stereocenters. The van der Waals surface area contributed by atoms with Gasteiger partial charge >= 0.3 is 0 Å². The van der Waals surface area contributed by atoms with Crippen molar-refractivity contribution in [2.45, 2.75) is 6.54 Å². The van der Waals surface area contributed by atoms with Crippen molar-refractivity contribution in [1.82, 2.24) is 14.3 Å². The fraction of sp³-hybridized carbons (Fsp3) is 0.0556. The van der Waals surface area contributed by atoms with E-state index in [-0.39, 0.29) is 0 Å². The number of aromatic nitrogens is 3. The zero-order chi connectivity index (χ0) is 14.1. The summed E-state index contributed by atoms with van der Waals surface area (Å²) in [7, 11) is 0. The Morgan fingerprint density at radius 2 is 1.67 bits per heavy atom. The summed E-state index contributed by atoms with van der Waals surface area (Å²) in [6.45, 7) is 0.834. The third-order valence-corrected chi connectivity index (χ3v) is 3.69. The van der Waals surface area contributed by atoms with E-state index >= 15 is 0 Å². The first-order valence-corrected chi connectivity index (χ1v) is 7.03. The first kappa shape index (κ1) is 12.0. The number of fused-ring (bicyclic) bond motifs is 1. The summed E-state index contributed by atoms with van der Waals surface area (Å²) in [5.74, 6) is 0. The Morgan fingerprint density at radius 3 is 2.57 bits per heavy atom. The Kier molecular flexibility index (Phi) is 2.82. The van der Waals surface area contributed by atoms with Gasteiger partial charge in [-0.05, 0) is 29.7 Å². The van der Waals surface area contributed by atoms with Gasteiger partial charge in [0.2, 0.25) is 0 Å². The molecule has 4 aromatic rings. The van der Waals surface area contributed by atoms with Crippen molar-refractivity contribution >= 4 is 10.9 Å². The van der Waals surface area contributed by atoms with E-state index in [0.717, 1.165) is 12.2 Å². The lowest BCUT2D eigenvalue weighted by Crippen LogP contribution is -1.97. The van der Waals surface area contributed by atoms with E-state index in [1.54, 1.807) is 0 Å². The first-order valence-electron chi connectivity index (χ1n) is 7.03. The quantitative estimate of drug-likeness (QED) is 0.555. The van der Waals surface area contributed by atoms with Crippen LogP contribution in [-0.4, -0.2) is 14.3 Å². The highest BCUT2D eigenvalue weighted by atomic mass is 15.3. The van der Waals surface area contributed by atoms with Crippen LogP contribution in [0.2, 0.25) is 0 Å². The molecule has 102 valence electrons. The van der Waals surface area contributed by atoms with Crippen molar-refractivity contribution in [2.75, 3.05) is 0 Å². The normalized spacial score (nSPS) is 11.0. The van der Waals surface area contributed by atoms with Crippen molar-refractivity contribution < 1.29 is 0 Å². The van der Waals surface area contributed by atoms with E-state index in [1.165, 1.54) is 16.5 Å². The van der Waals surface area contributed by atoms with E-state index < -0.39 is 0 Å². The second-order valence-corrected chi connectivity index (χ2v) is 5.13. The lowest BCUT2D eigenvalue weighted by molar-refractivity contribution is 0.834. The van der Waals surface area contributed by atoms with Crippen LogP contribution < -0.4 is 0 Å². The molecule has 4 rings (SSSR count). The van der Waals surface area contributed by atoms with Crippen LogP contribution in [0.4, 0.5) is 0 Å². The summed E-state index contributed by atoms with van der Waals surface area (Å²) in [6.07, 6.45) is 6.15. The molecule has 0 spiro atoms. The molecule has 2 heterocycles. The molecule has 0 aliphatic heterocycles. The maximum Gasteiger partial charge on any atom is 0.0645 e. The first-order chi connectivity index (χ1) is 10.4. The topological polar surface area (TPSA) is 22.8 Å². The minimum atomic E-state index is 0.834. The summed E-state index contributed by atoms with van der Waals surface area (Å²) in [5, 5.41) is 5.72. The minimum Gasteiger partial charge on any atom is -0.343 e. The fourth-order valence-electron chi connectivity index (χ4n) is 2.64. The van der Waals surface area contributed by atoms with Crippen LogP contribution in [0.5, 0.6) is 0 Å². The molecule has 0 fully saturated rings. The van der Waals surface area contributed by atoms with Gasteiger partial charge in [0, 0.05) is 23.5 Å². The van der Waals surface area contributed by atoms with Crippen LogP contribution in [0, 0.1) is 0 Å². The molecule has 21 heavy (non-hydrogen) atoms. The van der Waals surface area contributed by atoms with Crippen LogP contribution >= 0.6 is 0 Å². The Morgan fingerprint density at radius 1 is 0.857 bits per heavy atom. The summed E-state index contributed by atoms with van der Waals surface area (Å²) in [6, 6.07) is 20.8. The molecule has 0 saturated heterocycles. The summed E-state index contributed by atoms with van der Waals surface area (Å²) < 4.78 is 4.17. The van der Waals surface area contributed by atoms with Gasteiger partial charge in [0.05, 0.1) is 18.4 Å². The van der Waals surface area contributed by atoms with Crippen LogP contribution in [0.1, 0.15) is 5.56 Å². The number of hydrogen-bond donors (Lipinski definition) is 0. The lowest BCUT2D eigenvalue weighted by Gasteiger charge is -2.03. The van der Waals surface area contributed by atoms with Gasteiger partial charge in [-0.15, -0.1) is 0 Å². The highest BCUT2D eigenvalue weighted by Crippen LogP contribution is 2.17. The van der Waals surface area contributed by atoms with Gasteiger partial charge in [-0.25, -0.2) is 4.68 Å². The van der Waals surface area contributed by atoms with Gasteiger partial charge in [0.25, 0.3) is 0 Å². The molecule has 2 aromatic heterocycles. The molecule has 0 bridgehead atoms. The SMILES string of the molecule is c1ccc(-n2cc(Cn3ccc4ccccc43)cn2)cc1. The number of para-hydroxylation sites is 2. The van der Waals surface area contributed by atoms with Gasteiger partial charge in [0.1, 0.15) is 0 Å². The van der Waals surface area contributed by atoms with Crippen molar-refractivity contribution in [3.8, 4) is 5.69 Å². The molecule has 2 aromatic carbocycles. The Labute approximate surface area is 123 Å². The predicted octanol–water partition coefficient (Wildman–Crippen LogP) is 3.88. The van der Waals surface area contributed by atoms with Gasteiger partial charge in [0.15, 0.2) is 0 Å². The average Bonchev–Trinajstić information content (AvgIpc) is 3.17. The molecular weight excluding hydrogens is 258 g/mol. The predicted molar refractivity (Wildman–Crippen MR) is 84.6 cm³/mol. The summed E-state index contributed by atoms with van der Waals surface area (Å²) >= 11 is 0. The highest BCUT2D eigenvalue weighted by molar-refractivity contribution is 5.79. The van der Waals surface area contributed by atoms with Crippen molar-refractivity contribution in [3.63, 3.8) is 0 Å². The largest absolute Gasteiger partial charge is 0.343 e. The van der Waals surface area contributed by atoms with E-state index in [2.05, 4.69) is 64.5 Å². The number of rotatable bonds is 3. The number of benzene rings is 2. The maximum atomic E-state index is 4.45. The second-order valence-electron chi connectivity index (χ2n) is 5.13. The molecule has 0 saturated carbocycles. The summed E-state index contributed by atoms with van der Waals surface area (Å²) in [5.41, 5.74) is 3.53. The lowest BCUT2D eigenvalue weighted by atomic mass is 10.2. The van der Waals surface area contributed by atoms with Crippen molar-refractivity contribution in [2.24, 2.45) is 0 Å². The molecule has 0 amide bonds. The highest BCUT2D eigenvalue weighted by Gasteiger charge is 2.04. The summed E-state index contributed by atoms with van der Waals surface area (Å²) in [4.78, 5) is 0. The fourth-order valence-corrected chi connectivity index (χ4v) is 2.64. The zero-order valence-electron chi connectivity index (χ0n) is 11.6. The van der Waals surface area contributed by atoms with Crippen molar-refractivity contribution in [1.29, 1.82) is 0 Å². The smallest absolute Gasteiger partial charge is 0.0645 e. The minimum absolute atomic E-state index is 0.834. The molecular formula is C18H15N3. The van der Waals surface area contributed by atoms with Crippen LogP contribution in [-0.2, 0) is 6.54 Å². The van der Waals surface area contributed by atoms with Gasteiger partial charge < -0.3 is 4.57 Å². The average molecular weight is 273 g/mol. The van der Waals surface area contributed by atoms with Gasteiger partial charge in [-0.1, -0.05) is 36.4 Å². The Balaban J connectivity index is 1.65. The van der Waals surface area contributed by atoms with Crippen molar-refractivity contribution in [3.05, 3.63) is 84.8 Å². The monoisotopic (exact) mass is 273 g/mol. The van der Waals surface area contributed by atoms with E-state index in [0.29, 0.717) is 0 Å². The third-order valence-electron chi connectivity index (χ3n) is 3.69. The second kappa shape index (κ2) is 4.94.